The molecule has 0 aliphatic heterocycles. The molecule has 0 aromatic heterocycles. The second kappa shape index (κ2) is 7.34. The van der Waals surface area contributed by atoms with E-state index in [1.165, 1.54) is 12.8 Å². The monoisotopic (exact) mass is 187 g/mol. The van der Waals surface area contributed by atoms with E-state index >= 15 is 0 Å². The maximum Gasteiger partial charge on any atom is 0.0705 e. The SMILES string of the molecule is CC(C)CCC(C)NOCC(C)C. The van der Waals surface area contributed by atoms with Gasteiger partial charge in [-0.3, -0.25) is 0 Å². The summed E-state index contributed by atoms with van der Waals surface area (Å²) >= 11 is 0. The Kier molecular flexibility index (Phi) is 7.29. The summed E-state index contributed by atoms with van der Waals surface area (Å²) in [6, 6.07) is 0.473. The van der Waals surface area contributed by atoms with E-state index in [0.717, 1.165) is 12.5 Å². The van der Waals surface area contributed by atoms with Crippen LogP contribution >= 0.6 is 0 Å². The van der Waals surface area contributed by atoms with Crippen LogP contribution in [0.5, 0.6) is 0 Å². The quantitative estimate of drug-likeness (QED) is 0.619. The van der Waals surface area contributed by atoms with E-state index in [1.54, 1.807) is 0 Å². The Morgan fingerprint density at radius 2 is 1.54 bits per heavy atom. The van der Waals surface area contributed by atoms with Gasteiger partial charge < -0.3 is 4.84 Å². The van der Waals surface area contributed by atoms with Crippen molar-refractivity contribution in [2.75, 3.05) is 6.61 Å². The van der Waals surface area contributed by atoms with Crippen molar-refractivity contribution in [1.82, 2.24) is 5.48 Å². The fourth-order valence-electron chi connectivity index (χ4n) is 0.999. The van der Waals surface area contributed by atoms with Gasteiger partial charge in [-0.1, -0.05) is 27.7 Å². The smallest absolute Gasteiger partial charge is 0.0705 e. The summed E-state index contributed by atoms with van der Waals surface area (Å²) in [4.78, 5) is 5.34. The average molecular weight is 187 g/mol. The third-order valence-corrected chi connectivity index (χ3v) is 1.88. The lowest BCUT2D eigenvalue weighted by atomic mass is 10.1. The molecule has 1 N–H and O–H groups in total. The third kappa shape index (κ3) is 9.84. The van der Waals surface area contributed by atoms with E-state index in [4.69, 9.17) is 4.84 Å². The zero-order valence-electron chi connectivity index (χ0n) is 9.76. The summed E-state index contributed by atoms with van der Waals surface area (Å²) in [5, 5.41) is 0. The van der Waals surface area contributed by atoms with Crippen molar-refractivity contribution in [3.8, 4) is 0 Å². The number of hydrogen-bond donors (Lipinski definition) is 1. The number of nitrogens with one attached hydrogen (secondary N) is 1. The molecule has 0 bridgehead atoms. The lowest BCUT2D eigenvalue weighted by molar-refractivity contribution is 0.00208. The Morgan fingerprint density at radius 1 is 0.923 bits per heavy atom. The van der Waals surface area contributed by atoms with E-state index in [1.807, 2.05) is 0 Å². The Hall–Kier alpha value is -0.0800. The lowest BCUT2D eigenvalue weighted by Gasteiger charge is -2.15. The van der Waals surface area contributed by atoms with Crippen LogP contribution in [0.25, 0.3) is 0 Å². The molecule has 1 atom stereocenters. The number of rotatable bonds is 7. The second-order valence-corrected chi connectivity index (χ2v) is 4.69. The van der Waals surface area contributed by atoms with Gasteiger partial charge in [0.2, 0.25) is 0 Å². The molecule has 1 unspecified atom stereocenters. The van der Waals surface area contributed by atoms with Crippen LogP contribution in [0.1, 0.15) is 47.5 Å². The molecule has 2 nitrogen and oxygen atoms in total. The summed E-state index contributed by atoms with van der Waals surface area (Å²) in [5.41, 5.74) is 3.07. The van der Waals surface area contributed by atoms with Crippen LogP contribution in [0.15, 0.2) is 0 Å². The number of hydroxylamine groups is 1. The summed E-state index contributed by atoms with van der Waals surface area (Å²) in [5.74, 6) is 1.39. The van der Waals surface area contributed by atoms with Gasteiger partial charge in [0.05, 0.1) is 6.61 Å². The van der Waals surface area contributed by atoms with Gasteiger partial charge in [-0.05, 0) is 31.6 Å². The normalized spacial score (nSPS) is 14.1. The standard InChI is InChI=1S/C11H25NO/c1-9(2)6-7-11(5)12-13-8-10(3)4/h9-12H,6-8H2,1-5H3. The molecule has 0 aromatic rings. The van der Waals surface area contributed by atoms with Gasteiger partial charge in [-0.2, -0.15) is 5.48 Å². The summed E-state index contributed by atoms with van der Waals surface area (Å²) in [6.07, 6.45) is 2.45. The van der Waals surface area contributed by atoms with E-state index in [2.05, 4.69) is 40.1 Å². The van der Waals surface area contributed by atoms with Gasteiger partial charge in [0, 0.05) is 6.04 Å². The Morgan fingerprint density at radius 3 is 2.00 bits per heavy atom. The number of hydrogen-bond acceptors (Lipinski definition) is 2. The van der Waals surface area contributed by atoms with E-state index in [0.29, 0.717) is 12.0 Å². The summed E-state index contributed by atoms with van der Waals surface area (Å²) < 4.78 is 0. The van der Waals surface area contributed by atoms with Crippen LogP contribution in [0.2, 0.25) is 0 Å². The van der Waals surface area contributed by atoms with Crippen LogP contribution in [0.4, 0.5) is 0 Å². The highest BCUT2D eigenvalue weighted by atomic mass is 16.6. The fraction of sp³-hybridized carbons (Fsp3) is 1.00. The first-order chi connectivity index (χ1) is 6.02. The zero-order valence-corrected chi connectivity index (χ0v) is 9.76. The lowest BCUT2D eigenvalue weighted by Crippen LogP contribution is -2.28. The molecule has 0 aliphatic rings. The van der Waals surface area contributed by atoms with Crippen LogP contribution in [0.3, 0.4) is 0 Å². The molecule has 0 saturated heterocycles. The zero-order chi connectivity index (χ0) is 10.3. The van der Waals surface area contributed by atoms with Gasteiger partial charge in [0.25, 0.3) is 0 Å². The van der Waals surface area contributed by atoms with Crippen LogP contribution < -0.4 is 5.48 Å². The van der Waals surface area contributed by atoms with Gasteiger partial charge in [0.15, 0.2) is 0 Å². The molecule has 2 heteroatoms. The maximum absolute atomic E-state index is 5.34. The van der Waals surface area contributed by atoms with Gasteiger partial charge >= 0.3 is 0 Å². The largest absolute Gasteiger partial charge is 0.301 e. The molecule has 0 heterocycles. The Labute approximate surface area is 83.0 Å². The van der Waals surface area contributed by atoms with Gasteiger partial charge in [-0.15, -0.1) is 0 Å². The van der Waals surface area contributed by atoms with Crippen molar-refractivity contribution in [1.29, 1.82) is 0 Å². The Balaban J connectivity index is 3.25. The molecule has 0 radical (unpaired) electrons. The van der Waals surface area contributed by atoms with E-state index < -0.39 is 0 Å². The van der Waals surface area contributed by atoms with Gasteiger partial charge in [-0.25, -0.2) is 0 Å². The first-order valence-corrected chi connectivity index (χ1v) is 5.39. The van der Waals surface area contributed by atoms with E-state index in [-0.39, 0.29) is 0 Å². The highest BCUT2D eigenvalue weighted by Gasteiger charge is 2.03. The topological polar surface area (TPSA) is 21.3 Å². The molecule has 0 rings (SSSR count). The molecular formula is C11H25NO. The first-order valence-electron chi connectivity index (χ1n) is 5.39. The van der Waals surface area contributed by atoms with Crippen molar-refractivity contribution in [3.63, 3.8) is 0 Å². The summed E-state index contributed by atoms with van der Waals surface area (Å²) in [6.45, 7) is 11.8. The van der Waals surface area contributed by atoms with Crippen LogP contribution in [-0.4, -0.2) is 12.6 Å². The average Bonchev–Trinajstić information content (AvgIpc) is 2.00. The fourth-order valence-corrected chi connectivity index (χ4v) is 0.999. The molecule has 0 spiro atoms. The second-order valence-electron chi connectivity index (χ2n) is 4.69. The predicted octanol–water partition coefficient (Wildman–Crippen LogP) is 2.99. The highest BCUT2D eigenvalue weighted by molar-refractivity contribution is 4.56. The van der Waals surface area contributed by atoms with Gasteiger partial charge in [0.1, 0.15) is 0 Å². The minimum absolute atomic E-state index is 0.473. The Bertz CT molecular complexity index is 113. The van der Waals surface area contributed by atoms with Crippen molar-refractivity contribution < 1.29 is 4.84 Å². The third-order valence-electron chi connectivity index (χ3n) is 1.88. The van der Waals surface area contributed by atoms with Crippen LogP contribution in [0, 0.1) is 11.8 Å². The van der Waals surface area contributed by atoms with Crippen LogP contribution in [-0.2, 0) is 4.84 Å². The molecular weight excluding hydrogens is 162 g/mol. The predicted molar refractivity (Wildman–Crippen MR) is 57.5 cm³/mol. The van der Waals surface area contributed by atoms with Crippen molar-refractivity contribution >= 4 is 0 Å². The van der Waals surface area contributed by atoms with Crippen molar-refractivity contribution in [2.45, 2.75) is 53.5 Å². The molecule has 0 aromatic carbocycles. The molecule has 0 fully saturated rings. The van der Waals surface area contributed by atoms with Crippen molar-refractivity contribution in [2.24, 2.45) is 11.8 Å². The first kappa shape index (κ1) is 12.9. The summed E-state index contributed by atoms with van der Waals surface area (Å²) in [7, 11) is 0. The molecule has 80 valence electrons. The highest BCUT2D eigenvalue weighted by Crippen LogP contribution is 2.06. The minimum atomic E-state index is 0.473. The molecule has 0 amide bonds. The minimum Gasteiger partial charge on any atom is -0.301 e. The molecule has 13 heavy (non-hydrogen) atoms. The van der Waals surface area contributed by atoms with E-state index in [9.17, 15) is 0 Å². The molecule has 0 saturated carbocycles. The van der Waals surface area contributed by atoms with Crippen molar-refractivity contribution in [3.05, 3.63) is 0 Å². The maximum atomic E-state index is 5.34. The molecule has 0 aliphatic carbocycles.